The number of carboxylic acids is 1. The summed E-state index contributed by atoms with van der Waals surface area (Å²) in [7, 11) is 0. The van der Waals surface area contributed by atoms with E-state index < -0.39 is 17.7 Å². The van der Waals surface area contributed by atoms with Crippen molar-refractivity contribution in [3.63, 3.8) is 0 Å². The molecule has 0 fully saturated rings. The molecule has 1 aromatic rings. The summed E-state index contributed by atoms with van der Waals surface area (Å²) in [4.78, 5) is 35.6. The first kappa shape index (κ1) is 18.6. The number of nitrogens with one attached hydrogen (secondary N) is 1. The molecule has 2 amide bonds. The van der Waals surface area contributed by atoms with Crippen molar-refractivity contribution in [3.05, 3.63) is 29.6 Å². The summed E-state index contributed by atoms with van der Waals surface area (Å²) < 4.78 is 14.0. The lowest BCUT2D eigenvalue weighted by atomic mass is 10.1. The zero-order valence-electron chi connectivity index (χ0n) is 13.4. The second-order valence-electron chi connectivity index (χ2n) is 5.66. The molecule has 7 heteroatoms. The lowest BCUT2D eigenvalue weighted by Gasteiger charge is -2.24. The number of rotatable bonds is 7. The van der Waals surface area contributed by atoms with Gasteiger partial charge in [-0.2, -0.15) is 0 Å². The molecule has 0 atom stereocenters. The second kappa shape index (κ2) is 8.26. The topological polar surface area (TPSA) is 86.7 Å². The molecular formula is C16H21FN2O4. The lowest BCUT2D eigenvalue weighted by molar-refractivity contribution is -0.137. The Morgan fingerprint density at radius 2 is 1.96 bits per heavy atom. The third kappa shape index (κ3) is 6.06. The number of aliphatic carboxylic acids is 1. The molecule has 0 saturated heterocycles. The van der Waals surface area contributed by atoms with Crippen LogP contribution in [-0.2, 0) is 9.59 Å². The van der Waals surface area contributed by atoms with Crippen molar-refractivity contribution < 1.29 is 23.9 Å². The van der Waals surface area contributed by atoms with Crippen LogP contribution in [0.4, 0.5) is 10.1 Å². The zero-order chi connectivity index (χ0) is 17.6. The van der Waals surface area contributed by atoms with Gasteiger partial charge in [0.15, 0.2) is 0 Å². The van der Waals surface area contributed by atoms with Crippen LogP contribution in [0.5, 0.6) is 0 Å². The van der Waals surface area contributed by atoms with Gasteiger partial charge in [0.25, 0.3) is 5.91 Å². The largest absolute Gasteiger partial charge is 0.481 e. The van der Waals surface area contributed by atoms with Gasteiger partial charge in [-0.1, -0.05) is 13.8 Å². The average molecular weight is 324 g/mol. The first-order valence-corrected chi connectivity index (χ1v) is 7.29. The highest BCUT2D eigenvalue weighted by molar-refractivity contribution is 5.97. The van der Waals surface area contributed by atoms with Crippen LogP contribution in [0.1, 0.15) is 37.6 Å². The van der Waals surface area contributed by atoms with Gasteiger partial charge in [0.2, 0.25) is 5.91 Å². The summed E-state index contributed by atoms with van der Waals surface area (Å²) >= 11 is 0. The number of hydrogen-bond acceptors (Lipinski definition) is 3. The number of carbonyl (C=O) groups is 3. The van der Waals surface area contributed by atoms with Crippen LogP contribution in [0, 0.1) is 11.7 Å². The van der Waals surface area contributed by atoms with E-state index in [0.29, 0.717) is 12.2 Å². The van der Waals surface area contributed by atoms with Gasteiger partial charge in [-0.05, 0) is 24.1 Å². The number of hydrogen-bond donors (Lipinski definition) is 2. The number of amides is 2. The number of halogens is 1. The van der Waals surface area contributed by atoms with E-state index in [0.717, 1.165) is 6.07 Å². The van der Waals surface area contributed by atoms with Crippen molar-refractivity contribution in [2.24, 2.45) is 5.92 Å². The molecule has 1 aromatic carbocycles. The fourth-order valence-corrected chi connectivity index (χ4v) is 2.09. The van der Waals surface area contributed by atoms with E-state index in [2.05, 4.69) is 5.32 Å². The first-order chi connectivity index (χ1) is 10.7. The van der Waals surface area contributed by atoms with Crippen LogP contribution >= 0.6 is 0 Å². The Morgan fingerprint density at radius 3 is 2.48 bits per heavy atom. The third-order valence-electron chi connectivity index (χ3n) is 2.99. The summed E-state index contributed by atoms with van der Waals surface area (Å²) in [6, 6.07) is 3.72. The minimum Gasteiger partial charge on any atom is -0.481 e. The Bertz CT molecular complexity index is 602. The summed E-state index contributed by atoms with van der Waals surface area (Å²) in [5.41, 5.74) is 0.118. The van der Waals surface area contributed by atoms with Crippen LogP contribution in [0.25, 0.3) is 0 Å². The lowest BCUT2D eigenvalue weighted by Crippen LogP contribution is -2.36. The molecule has 0 aliphatic rings. The molecule has 2 N–H and O–H groups in total. The molecule has 0 unspecified atom stereocenters. The fraction of sp³-hybridized carbons (Fsp3) is 0.438. The molecule has 0 heterocycles. The van der Waals surface area contributed by atoms with Gasteiger partial charge in [-0.3, -0.25) is 14.4 Å². The van der Waals surface area contributed by atoms with Gasteiger partial charge < -0.3 is 15.3 Å². The van der Waals surface area contributed by atoms with E-state index in [1.54, 1.807) is 0 Å². The Hall–Kier alpha value is -2.44. The molecule has 0 bridgehead atoms. The van der Waals surface area contributed by atoms with Crippen molar-refractivity contribution in [3.8, 4) is 0 Å². The summed E-state index contributed by atoms with van der Waals surface area (Å²) in [6.07, 6.45) is -0.217. The van der Waals surface area contributed by atoms with E-state index in [-0.39, 0.29) is 30.4 Å². The van der Waals surface area contributed by atoms with Gasteiger partial charge in [0.1, 0.15) is 5.82 Å². The highest BCUT2D eigenvalue weighted by atomic mass is 19.1. The van der Waals surface area contributed by atoms with Gasteiger partial charge in [-0.15, -0.1) is 0 Å². The molecule has 0 saturated carbocycles. The van der Waals surface area contributed by atoms with Crippen molar-refractivity contribution >= 4 is 23.5 Å². The van der Waals surface area contributed by atoms with Crippen molar-refractivity contribution in [2.75, 3.05) is 18.4 Å². The molecule has 126 valence electrons. The van der Waals surface area contributed by atoms with E-state index in [4.69, 9.17) is 5.11 Å². The average Bonchev–Trinajstić information content (AvgIpc) is 2.43. The molecule has 0 radical (unpaired) electrons. The molecule has 0 aliphatic heterocycles. The molecule has 6 nitrogen and oxygen atoms in total. The number of carboxylic acid groups (broad SMARTS) is 1. The number of anilines is 1. The Labute approximate surface area is 134 Å². The van der Waals surface area contributed by atoms with Crippen molar-refractivity contribution in [2.45, 2.75) is 27.2 Å². The quantitative estimate of drug-likeness (QED) is 0.806. The van der Waals surface area contributed by atoms with Crippen molar-refractivity contribution in [1.82, 2.24) is 4.90 Å². The number of nitrogens with zero attached hydrogens (tertiary/aromatic N) is 1. The number of benzene rings is 1. The van der Waals surface area contributed by atoms with Crippen LogP contribution in [0.2, 0.25) is 0 Å². The Morgan fingerprint density at radius 1 is 1.30 bits per heavy atom. The van der Waals surface area contributed by atoms with E-state index in [9.17, 15) is 18.8 Å². The molecule has 23 heavy (non-hydrogen) atoms. The summed E-state index contributed by atoms with van der Waals surface area (Å²) in [6.45, 7) is 5.38. The zero-order valence-corrected chi connectivity index (χ0v) is 13.4. The van der Waals surface area contributed by atoms with Gasteiger partial charge in [0.05, 0.1) is 12.0 Å². The Balaban J connectivity index is 3.05. The molecular weight excluding hydrogens is 303 g/mol. The molecule has 0 spiro atoms. The standard InChI is InChI=1S/C16H21FN2O4/c1-10(2)9-19(7-6-15(21)22)16(23)13-8-12(18-11(3)20)4-5-14(13)17/h4-5,8,10H,6-7,9H2,1-3H3,(H,18,20)(H,21,22). The highest BCUT2D eigenvalue weighted by Crippen LogP contribution is 2.18. The SMILES string of the molecule is CC(=O)Nc1ccc(F)c(C(=O)N(CCC(=O)O)CC(C)C)c1. The van der Waals surface area contributed by atoms with Gasteiger partial charge in [0, 0.05) is 25.7 Å². The maximum absolute atomic E-state index is 14.0. The molecule has 0 aromatic heterocycles. The second-order valence-corrected chi connectivity index (χ2v) is 5.66. The minimum atomic E-state index is -1.03. The minimum absolute atomic E-state index is 0.00382. The van der Waals surface area contributed by atoms with Crippen LogP contribution in [-0.4, -0.2) is 40.9 Å². The van der Waals surface area contributed by atoms with Gasteiger partial charge >= 0.3 is 5.97 Å². The molecule has 0 aliphatic carbocycles. The number of carbonyl (C=O) groups excluding carboxylic acids is 2. The normalized spacial score (nSPS) is 10.5. The predicted molar refractivity (Wildman–Crippen MR) is 83.7 cm³/mol. The van der Waals surface area contributed by atoms with Crippen LogP contribution in [0.3, 0.4) is 0 Å². The molecule has 1 rings (SSSR count). The first-order valence-electron chi connectivity index (χ1n) is 7.29. The monoisotopic (exact) mass is 324 g/mol. The van der Waals surface area contributed by atoms with E-state index in [1.165, 1.54) is 24.0 Å². The van der Waals surface area contributed by atoms with E-state index in [1.807, 2.05) is 13.8 Å². The van der Waals surface area contributed by atoms with E-state index >= 15 is 0 Å². The van der Waals surface area contributed by atoms with Crippen molar-refractivity contribution in [1.29, 1.82) is 0 Å². The highest BCUT2D eigenvalue weighted by Gasteiger charge is 2.21. The summed E-state index contributed by atoms with van der Waals surface area (Å²) in [5.74, 6) is -2.56. The fourth-order valence-electron chi connectivity index (χ4n) is 2.09. The maximum Gasteiger partial charge on any atom is 0.305 e. The third-order valence-corrected chi connectivity index (χ3v) is 2.99. The van der Waals surface area contributed by atoms with Gasteiger partial charge in [-0.25, -0.2) is 4.39 Å². The van der Waals surface area contributed by atoms with Crippen LogP contribution in [0.15, 0.2) is 18.2 Å². The predicted octanol–water partition coefficient (Wildman–Crippen LogP) is 2.36. The smallest absolute Gasteiger partial charge is 0.305 e. The van der Waals surface area contributed by atoms with Crippen LogP contribution < -0.4 is 5.32 Å². The maximum atomic E-state index is 14.0. The Kier molecular flexibility index (Phi) is 6.68. The summed E-state index contributed by atoms with van der Waals surface area (Å²) in [5, 5.41) is 11.3.